The number of nitrogens with one attached hydrogen (secondary N) is 1. The summed E-state index contributed by atoms with van der Waals surface area (Å²) in [6.45, 7) is 3.67. The minimum atomic E-state index is 0.663. The van der Waals surface area contributed by atoms with Gasteiger partial charge in [-0.15, -0.1) is 11.8 Å². The molecule has 2 nitrogen and oxygen atoms in total. The topological polar surface area (TPSA) is 21.3 Å². The molecule has 106 valence electrons. The van der Waals surface area contributed by atoms with E-state index in [9.17, 15) is 0 Å². The molecular weight excluding hydrogens is 266 g/mol. The van der Waals surface area contributed by atoms with Crippen LogP contribution in [0.1, 0.15) is 18.1 Å². The molecule has 0 saturated heterocycles. The van der Waals surface area contributed by atoms with E-state index in [1.54, 1.807) is 7.11 Å². The largest absolute Gasteiger partial charge is 0.380 e. The Labute approximate surface area is 125 Å². The lowest BCUT2D eigenvalue weighted by Crippen LogP contribution is -2.01. The van der Waals surface area contributed by atoms with Crippen molar-refractivity contribution >= 4 is 17.4 Å². The monoisotopic (exact) mass is 287 g/mol. The van der Waals surface area contributed by atoms with Crippen molar-refractivity contribution in [2.75, 3.05) is 18.2 Å². The molecule has 0 amide bonds. The van der Waals surface area contributed by atoms with Crippen LogP contribution in [0.15, 0.2) is 53.4 Å². The van der Waals surface area contributed by atoms with E-state index in [1.165, 1.54) is 21.7 Å². The molecule has 0 aliphatic rings. The molecule has 0 radical (unpaired) electrons. The molecule has 0 heterocycles. The molecule has 3 heteroatoms. The number of rotatable bonds is 7. The smallest absolute Gasteiger partial charge is 0.0713 e. The van der Waals surface area contributed by atoms with E-state index in [1.807, 2.05) is 11.8 Å². The summed E-state index contributed by atoms with van der Waals surface area (Å²) in [5.74, 6) is 1.09. The van der Waals surface area contributed by atoms with E-state index in [0.29, 0.717) is 6.61 Å². The van der Waals surface area contributed by atoms with Crippen LogP contribution < -0.4 is 5.32 Å². The number of anilines is 1. The average molecular weight is 287 g/mol. The highest BCUT2D eigenvalue weighted by Gasteiger charge is 2.01. The molecular formula is C17H21NOS. The summed E-state index contributed by atoms with van der Waals surface area (Å²) in [5.41, 5.74) is 3.69. The number of thioether (sulfide) groups is 1. The summed E-state index contributed by atoms with van der Waals surface area (Å²) in [6.07, 6.45) is 0. The molecule has 0 aliphatic heterocycles. The number of benzene rings is 2. The molecule has 0 fully saturated rings. The molecule has 0 spiro atoms. The summed E-state index contributed by atoms with van der Waals surface area (Å²) in [7, 11) is 1.73. The first-order chi connectivity index (χ1) is 9.83. The summed E-state index contributed by atoms with van der Waals surface area (Å²) < 4.78 is 5.17. The van der Waals surface area contributed by atoms with Gasteiger partial charge >= 0.3 is 0 Å². The Morgan fingerprint density at radius 2 is 1.85 bits per heavy atom. The summed E-state index contributed by atoms with van der Waals surface area (Å²) >= 11 is 1.87. The van der Waals surface area contributed by atoms with Crippen LogP contribution in [0.25, 0.3) is 0 Å². The van der Waals surface area contributed by atoms with E-state index in [4.69, 9.17) is 4.74 Å². The fourth-order valence-electron chi connectivity index (χ4n) is 2.09. The maximum atomic E-state index is 5.17. The van der Waals surface area contributed by atoms with E-state index >= 15 is 0 Å². The van der Waals surface area contributed by atoms with Crippen molar-refractivity contribution in [2.45, 2.75) is 25.0 Å². The third-order valence-electron chi connectivity index (χ3n) is 2.97. The van der Waals surface area contributed by atoms with Crippen molar-refractivity contribution in [1.82, 2.24) is 0 Å². The third kappa shape index (κ3) is 4.29. The second-order valence-electron chi connectivity index (χ2n) is 4.54. The van der Waals surface area contributed by atoms with Gasteiger partial charge in [-0.1, -0.05) is 43.3 Å². The Balaban J connectivity index is 2.03. The molecule has 2 aromatic rings. The molecule has 0 atom stereocenters. The van der Waals surface area contributed by atoms with Crippen molar-refractivity contribution < 1.29 is 4.74 Å². The molecule has 20 heavy (non-hydrogen) atoms. The van der Waals surface area contributed by atoms with E-state index in [2.05, 4.69) is 60.8 Å². The highest BCUT2D eigenvalue weighted by Crippen LogP contribution is 2.27. The maximum Gasteiger partial charge on any atom is 0.0713 e. The molecule has 2 rings (SSSR count). The minimum Gasteiger partial charge on any atom is -0.380 e. The van der Waals surface area contributed by atoms with E-state index in [-0.39, 0.29) is 0 Å². The number of methoxy groups -OCH3 is 1. The number of hydrogen-bond acceptors (Lipinski definition) is 3. The minimum absolute atomic E-state index is 0.663. The van der Waals surface area contributed by atoms with Gasteiger partial charge in [-0.05, 0) is 29.0 Å². The number of hydrogen-bond donors (Lipinski definition) is 1. The van der Waals surface area contributed by atoms with Gasteiger partial charge in [0.1, 0.15) is 0 Å². The van der Waals surface area contributed by atoms with Crippen LogP contribution in [0.3, 0.4) is 0 Å². The van der Waals surface area contributed by atoms with Gasteiger partial charge in [-0.25, -0.2) is 0 Å². The van der Waals surface area contributed by atoms with Gasteiger partial charge in [0.05, 0.1) is 6.61 Å². The highest BCUT2D eigenvalue weighted by molar-refractivity contribution is 7.99. The second kappa shape index (κ2) is 7.98. The summed E-state index contributed by atoms with van der Waals surface area (Å²) in [4.78, 5) is 1.31. The van der Waals surface area contributed by atoms with Gasteiger partial charge in [-0.3, -0.25) is 0 Å². The lowest BCUT2D eigenvalue weighted by atomic mass is 10.1. The summed E-state index contributed by atoms with van der Waals surface area (Å²) in [6, 6.07) is 17.0. The van der Waals surface area contributed by atoms with E-state index < -0.39 is 0 Å². The predicted molar refractivity (Wildman–Crippen MR) is 87.3 cm³/mol. The maximum absolute atomic E-state index is 5.17. The average Bonchev–Trinajstić information content (AvgIpc) is 2.47. The highest BCUT2D eigenvalue weighted by atomic mass is 32.2. The lowest BCUT2D eigenvalue weighted by Gasteiger charge is -2.11. The zero-order valence-corrected chi connectivity index (χ0v) is 12.9. The molecule has 1 N–H and O–H groups in total. The van der Waals surface area contributed by atoms with Gasteiger partial charge in [0.25, 0.3) is 0 Å². The van der Waals surface area contributed by atoms with Crippen molar-refractivity contribution in [3.05, 3.63) is 59.7 Å². The quantitative estimate of drug-likeness (QED) is 0.754. The normalized spacial score (nSPS) is 10.5. The van der Waals surface area contributed by atoms with Crippen LogP contribution in [-0.4, -0.2) is 12.9 Å². The molecule has 2 aromatic carbocycles. The van der Waals surface area contributed by atoms with E-state index in [0.717, 1.165) is 12.3 Å². The molecule has 0 bridgehead atoms. The standard InChI is InChI=1S/C17H21NOS/c1-3-20-17-10-5-4-9-16(17)18-12-14-7-6-8-15(11-14)13-19-2/h4-11,18H,3,12-13H2,1-2H3. The van der Waals surface area contributed by atoms with Crippen LogP contribution in [0, 0.1) is 0 Å². The Bertz CT molecular complexity index is 542. The van der Waals surface area contributed by atoms with Gasteiger partial charge < -0.3 is 10.1 Å². The molecule has 0 unspecified atom stereocenters. The lowest BCUT2D eigenvalue weighted by molar-refractivity contribution is 0.185. The molecule has 0 saturated carbocycles. The summed E-state index contributed by atoms with van der Waals surface area (Å²) in [5, 5.41) is 3.52. The van der Waals surface area contributed by atoms with Crippen molar-refractivity contribution in [3.63, 3.8) is 0 Å². The first-order valence-corrected chi connectivity index (χ1v) is 7.84. The van der Waals surface area contributed by atoms with Crippen LogP contribution in [0.5, 0.6) is 0 Å². The van der Waals surface area contributed by atoms with Gasteiger partial charge in [-0.2, -0.15) is 0 Å². The fraction of sp³-hybridized carbons (Fsp3) is 0.294. The van der Waals surface area contributed by atoms with Crippen LogP contribution in [0.4, 0.5) is 5.69 Å². The Kier molecular flexibility index (Phi) is 5.96. The Hall–Kier alpha value is -1.45. The van der Waals surface area contributed by atoms with Crippen molar-refractivity contribution in [3.8, 4) is 0 Å². The SMILES string of the molecule is CCSc1ccccc1NCc1cccc(COC)c1. The number of para-hydroxylation sites is 1. The van der Waals surface area contributed by atoms with Crippen molar-refractivity contribution in [1.29, 1.82) is 0 Å². The van der Waals surface area contributed by atoms with Crippen LogP contribution in [-0.2, 0) is 17.9 Å². The van der Waals surface area contributed by atoms with Crippen LogP contribution >= 0.6 is 11.8 Å². The predicted octanol–water partition coefficient (Wildman–Crippen LogP) is 4.56. The van der Waals surface area contributed by atoms with Gasteiger partial charge in [0, 0.05) is 24.2 Å². The second-order valence-corrected chi connectivity index (χ2v) is 5.84. The number of ether oxygens (including phenoxy) is 1. The Morgan fingerprint density at radius 3 is 2.65 bits per heavy atom. The zero-order chi connectivity index (χ0) is 14.2. The molecule has 0 aliphatic carbocycles. The fourth-order valence-corrected chi connectivity index (χ4v) is 2.87. The first-order valence-electron chi connectivity index (χ1n) is 6.86. The van der Waals surface area contributed by atoms with Crippen molar-refractivity contribution in [2.24, 2.45) is 0 Å². The first kappa shape index (κ1) is 14.9. The Morgan fingerprint density at radius 1 is 1.05 bits per heavy atom. The third-order valence-corrected chi connectivity index (χ3v) is 3.93. The zero-order valence-electron chi connectivity index (χ0n) is 12.1. The van der Waals surface area contributed by atoms with Crippen LogP contribution in [0.2, 0.25) is 0 Å². The van der Waals surface area contributed by atoms with Gasteiger partial charge in [0.15, 0.2) is 0 Å². The van der Waals surface area contributed by atoms with Gasteiger partial charge in [0.2, 0.25) is 0 Å². The molecule has 0 aromatic heterocycles.